The lowest BCUT2D eigenvalue weighted by Gasteiger charge is -2.39. The van der Waals surface area contributed by atoms with Crippen molar-refractivity contribution in [2.24, 2.45) is 5.92 Å². The van der Waals surface area contributed by atoms with Crippen LogP contribution in [-0.2, 0) is 16.1 Å². The van der Waals surface area contributed by atoms with Gasteiger partial charge in [-0.05, 0) is 53.6 Å². The van der Waals surface area contributed by atoms with E-state index in [1.807, 2.05) is 32.6 Å². The normalized spacial score (nSPS) is 26.8. The molecule has 3 rings (SSSR count). The first kappa shape index (κ1) is 17.4. The number of carbonyl (C=O) groups is 1. The summed E-state index contributed by atoms with van der Waals surface area (Å²) < 4.78 is 11.4. The first-order chi connectivity index (χ1) is 11.4. The van der Waals surface area contributed by atoms with Crippen LogP contribution in [0.4, 0.5) is 0 Å². The number of hydrogen-bond acceptors (Lipinski definition) is 5. The number of piperidine rings is 1. The van der Waals surface area contributed by atoms with Gasteiger partial charge in [-0.15, -0.1) is 0 Å². The molecule has 1 amide bonds. The molecular weight excluding hydrogens is 306 g/mol. The van der Waals surface area contributed by atoms with Crippen LogP contribution in [0.3, 0.4) is 0 Å². The predicted molar refractivity (Wildman–Crippen MR) is 90.6 cm³/mol. The van der Waals surface area contributed by atoms with Crippen molar-refractivity contribution < 1.29 is 13.9 Å². The van der Waals surface area contributed by atoms with Crippen LogP contribution in [0.15, 0.2) is 4.42 Å². The highest BCUT2D eigenvalue weighted by molar-refractivity contribution is 5.79. The van der Waals surface area contributed by atoms with E-state index in [1.165, 1.54) is 0 Å². The minimum atomic E-state index is 0.134. The van der Waals surface area contributed by atoms with Crippen molar-refractivity contribution in [3.8, 4) is 0 Å². The average molecular weight is 335 g/mol. The molecule has 2 atom stereocenters. The van der Waals surface area contributed by atoms with Gasteiger partial charge in [0.05, 0.1) is 24.4 Å². The van der Waals surface area contributed by atoms with Crippen LogP contribution < -0.4 is 0 Å². The lowest BCUT2D eigenvalue weighted by atomic mass is 9.94. The Morgan fingerprint density at radius 3 is 2.33 bits per heavy atom. The summed E-state index contributed by atoms with van der Waals surface area (Å²) in [5.74, 6) is 2.13. The Morgan fingerprint density at radius 2 is 1.79 bits per heavy atom. The molecule has 2 aliphatic rings. The van der Waals surface area contributed by atoms with E-state index >= 15 is 0 Å². The molecule has 0 radical (unpaired) electrons. The second-order valence-electron chi connectivity index (χ2n) is 7.30. The van der Waals surface area contributed by atoms with Gasteiger partial charge in [-0.25, -0.2) is 4.98 Å². The molecule has 134 valence electrons. The molecule has 24 heavy (non-hydrogen) atoms. The predicted octanol–water partition coefficient (Wildman–Crippen LogP) is 2.14. The summed E-state index contributed by atoms with van der Waals surface area (Å²) in [7, 11) is 0. The molecule has 6 heteroatoms. The summed E-state index contributed by atoms with van der Waals surface area (Å²) in [5.41, 5.74) is 0.964. The Morgan fingerprint density at radius 1 is 1.17 bits per heavy atom. The van der Waals surface area contributed by atoms with Gasteiger partial charge in [-0.2, -0.15) is 0 Å². The number of aryl methyl sites for hydroxylation is 2. The van der Waals surface area contributed by atoms with Crippen molar-refractivity contribution in [1.82, 2.24) is 14.8 Å². The van der Waals surface area contributed by atoms with Gasteiger partial charge >= 0.3 is 0 Å². The smallest absolute Gasteiger partial charge is 0.225 e. The minimum Gasteiger partial charge on any atom is -0.444 e. The number of carbonyl (C=O) groups excluding carboxylic acids is 1. The highest BCUT2D eigenvalue weighted by atomic mass is 16.5. The SMILES string of the molecule is Cc1nc(CN2CCC(C(=O)N3C[C@@H](C)O[C@@H](C)C3)CC2)oc1C. The Kier molecular flexibility index (Phi) is 5.25. The molecule has 0 saturated carbocycles. The molecule has 0 aliphatic carbocycles. The molecule has 0 bridgehead atoms. The Bertz CT molecular complexity index is 549. The average Bonchev–Trinajstić information content (AvgIpc) is 2.84. The highest BCUT2D eigenvalue weighted by Gasteiger charge is 2.32. The molecule has 6 nitrogen and oxygen atoms in total. The zero-order valence-electron chi connectivity index (χ0n) is 15.2. The van der Waals surface area contributed by atoms with Crippen molar-refractivity contribution in [3.05, 3.63) is 17.3 Å². The number of rotatable bonds is 3. The summed E-state index contributed by atoms with van der Waals surface area (Å²) in [6, 6.07) is 0. The molecule has 2 saturated heterocycles. The molecular formula is C18H29N3O3. The summed E-state index contributed by atoms with van der Waals surface area (Å²) in [4.78, 5) is 21.6. The van der Waals surface area contributed by atoms with Crippen LogP contribution in [0.2, 0.25) is 0 Å². The summed E-state index contributed by atoms with van der Waals surface area (Å²) in [6.07, 6.45) is 2.10. The summed E-state index contributed by atoms with van der Waals surface area (Å²) >= 11 is 0. The lowest BCUT2D eigenvalue weighted by molar-refractivity contribution is -0.148. The third-order valence-electron chi connectivity index (χ3n) is 5.10. The van der Waals surface area contributed by atoms with Gasteiger partial charge in [0.1, 0.15) is 5.76 Å². The van der Waals surface area contributed by atoms with E-state index in [9.17, 15) is 4.79 Å². The van der Waals surface area contributed by atoms with Crippen LogP contribution in [0.5, 0.6) is 0 Å². The molecule has 2 fully saturated rings. The zero-order valence-corrected chi connectivity index (χ0v) is 15.2. The summed E-state index contributed by atoms with van der Waals surface area (Å²) in [5, 5.41) is 0. The van der Waals surface area contributed by atoms with Crippen LogP contribution in [0, 0.1) is 19.8 Å². The standard InChI is InChI=1S/C18H29N3O3/c1-12-9-21(10-13(2)23-12)18(22)16-5-7-20(8-6-16)11-17-19-14(3)15(4)24-17/h12-13,16H,5-11H2,1-4H3/t12-,13+. The number of ether oxygens (including phenoxy) is 1. The monoisotopic (exact) mass is 335 g/mol. The maximum Gasteiger partial charge on any atom is 0.225 e. The van der Waals surface area contributed by atoms with Gasteiger partial charge in [0.25, 0.3) is 0 Å². The Hall–Kier alpha value is -1.40. The van der Waals surface area contributed by atoms with Gasteiger partial charge in [-0.1, -0.05) is 0 Å². The molecule has 0 spiro atoms. The first-order valence-electron chi connectivity index (χ1n) is 9.02. The van der Waals surface area contributed by atoms with Crippen molar-refractivity contribution in [3.63, 3.8) is 0 Å². The van der Waals surface area contributed by atoms with Gasteiger partial charge < -0.3 is 14.1 Å². The fraction of sp³-hybridized carbons (Fsp3) is 0.778. The van der Waals surface area contributed by atoms with Crippen molar-refractivity contribution in [1.29, 1.82) is 0 Å². The third-order valence-corrected chi connectivity index (χ3v) is 5.10. The zero-order chi connectivity index (χ0) is 17.3. The molecule has 1 aromatic rings. The van der Waals surface area contributed by atoms with E-state index in [-0.39, 0.29) is 18.1 Å². The van der Waals surface area contributed by atoms with Gasteiger partial charge in [0.2, 0.25) is 11.8 Å². The molecule has 0 unspecified atom stereocenters. The van der Waals surface area contributed by atoms with Crippen molar-refractivity contribution in [2.75, 3.05) is 26.2 Å². The van der Waals surface area contributed by atoms with Gasteiger partial charge in [-0.3, -0.25) is 9.69 Å². The van der Waals surface area contributed by atoms with Gasteiger partial charge in [0, 0.05) is 19.0 Å². The number of hydrogen-bond donors (Lipinski definition) is 0. The van der Waals surface area contributed by atoms with Crippen molar-refractivity contribution >= 4 is 5.91 Å². The van der Waals surface area contributed by atoms with Crippen LogP contribution >= 0.6 is 0 Å². The van der Waals surface area contributed by atoms with E-state index in [0.717, 1.165) is 62.9 Å². The summed E-state index contributed by atoms with van der Waals surface area (Å²) in [6.45, 7) is 12.0. The Labute approximate surface area is 144 Å². The molecule has 3 heterocycles. The topological polar surface area (TPSA) is 58.8 Å². The lowest BCUT2D eigenvalue weighted by Crippen LogP contribution is -2.51. The number of likely N-dealkylation sites (tertiary alicyclic amines) is 1. The van der Waals surface area contributed by atoms with Crippen LogP contribution in [0.1, 0.15) is 44.0 Å². The van der Waals surface area contributed by atoms with Gasteiger partial charge in [0.15, 0.2) is 0 Å². The maximum atomic E-state index is 12.8. The maximum absolute atomic E-state index is 12.8. The van der Waals surface area contributed by atoms with Crippen LogP contribution in [0.25, 0.3) is 0 Å². The van der Waals surface area contributed by atoms with Crippen molar-refractivity contribution in [2.45, 2.75) is 59.3 Å². The van der Waals surface area contributed by atoms with E-state index in [1.54, 1.807) is 0 Å². The largest absolute Gasteiger partial charge is 0.444 e. The third kappa shape index (κ3) is 3.98. The number of oxazole rings is 1. The molecule has 2 aliphatic heterocycles. The second-order valence-corrected chi connectivity index (χ2v) is 7.30. The van der Waals surface area contributed by atoms with E-state index in [4.69, 9.17) is 9.15 Å². The number of aromatic nitrogens is 1. The van der Waals surface area contributed by atoms with E-state index in [0.29, 0.717) is 5.91 Å². The minimum absolute atomic E-state index is 0.134. The fourth-order valence-electron chi connectivity index (χ4n) is 3.75. The van der Waals surface area contributed by atoms with Crippen LogP contribution in [-0.4, -0.2) is 59.1 Å². The molecule has 0 aromatic carbocycles. The number of morpholine rings is 1. The first-order valence-corrected chi connectivity index (χ1v) is 9.02. The number of amides is 1. The quantitative estimate of drug-likeness (QED) is 0.847. The Balaban J connectivity index is 1.50. The molecule has 0 N–H and O–H groups in total. The van der Waals surface area contributed by atoms with E-state index in [2.05, 4.69) is 9.88 Å². The fourth-order valence-corrected chi connectivity index (χ4v) is 3.75. The van der Waals surface area contributed by atoms with E-state index < -0.39 is 0 Å². The second kappa shape index (κ2) is 7.23. The molecule has 1 aromatic heterocycles. The highest BCUT2D eigenvalue weighted by Crippen LogP contribution is 2.23. The number of nitrogens with zero attached hydrogens (tertiary/aromatic N) is 3.